The Hall–Kier alpha value is -1.85. The van der Waals surface area contributed by atoms with E-state index in [1.165, 1.54) is 5.56 Å². The predicted octanol–water partition coefficient (Wildman–Crippen LogP) is 3.83. The van der Waals surface area contributed by atoms with Crippen LogP contribution in [-0.2, 0) is 6.42 Å². The lowest BCUT2D eigenvalue weighted by Crippen LogP contribution is -2.48. The number of carbonyl (C=O) groups is 1. The summed E-state index contributed by atoms with van der Waals surface area (Å²) in [4.78, 5) is 12.2. The Balaban J connectivity index is 1.68. The normalized spacial score (nSPS) is 21.0. The van der Waals surface area contributed by atoms with E-state index in [1.807, 2.05) is 49.4 Å². The van der Waals surface area contributed by atoms with Crippen molar-refractivity contribution in [1.29, 1.82) is 0 Å². The first kappa shape index (κ1) is 15.1. The van der Waals surface area contributed by atoms with Crippen molar-refractivity contribution in [3.05, 3.63) is 64.6 Å². The zero-order valence-corrected chi connectivity index (χ0v) is 13.9. The van der Waals surface area contributed by atoms with Crippen molar-refractivity contribution >= 4 is 27.6 Å². The molecule has 2 amide bonds. The number of hydrogen-bond acceptors (Lipinski definition) is 2. The summed E-state index contributed by atoms with van der Waals surface area (Å²) in [5, 5.41) is 4.59. The number of aryl methyl sites for hydroxylation is 1. The summed E-state index contributed by atoms with van der Waals surface area (Å²) in [5.41, 5.74) is 4.92. The van der Waals surface area contributed by atoms with E-state index in [4.69, 9.17) is 0 Å². The van der Waals surface area contributed by atoms with Gasteiger partial charge in [-0.2, -0.15) is 0 Å². The minimum atomic E-state index is -0.444. The van der Waals surface area contributed by atoms with E-state index in [2.05, 4.69) is 38.8 Å². The second kappa shape index (κ2) is 6.10. The maximum Gasteiger partial charge on any atom is 0.338 e. The highest BCUT2D eigenvalue weighted by atomic mass is 79.9. The van der Waals surface area contributed by atoms with Gasteiger partial charge in [0.1, 0.15) is 5.66 Å². The fourth-order valence-electron chi connectivity index (χ4n) is 2.55. The van der Waals surface area contributed by atoms with Crippen molar-refractivity contribution < 1.29 is 4.79 Å². The summed E-state index contributed by atoms with van der Waals surface area (Å²) in [7, 11) is 0. The number of carbonyl (C=O) groups excluding carboxylic acids is 1. The van der Waals surface area contributed by atoms with Crippen LogP contribution in [0.1, 0.15) is 18.9 Å². The molecule has 2 aromatic rings. The van der Waals surface area contributed by atoms with E-state index in [-0.39, 0.29) is 6.03 Å². The standard InChI is InChI=1S/C17H18BrN3O/c1-17(12-11-13-5-3-2-4-6-13)19-16(22)21(20-17)15-9-7-14(18)8-10-15/h2-10,20H,11-12H2,1H3,(H,19,22). The van der Waals surface area contributed by atoms with Crippen molar-refractivity contribution in [2.75, 3.05) is 5.01 Å². The Morgan fingerprint density at radius 2 is 1.77 bits per heavy atom. The summed E-state index contributed by atoms with van der Waals surface area (Å²) < 4.78 is 0.989. The molecule has 0 saturated carbocycles. The zero-order chi connectivity index (χ0) is 15.6. The number of halogens is 1. The molecule has 1 aliphatic rings. The van der Waals surface area contributed by atoms with Gasteiger partial charge in [-0.1, -0.05) is 46.3 Å². The Bertz CT molecular complexity index is 659. The molecule has 2 N–H and O–H groups in total. The Morgan fingerprint density at radius 1 is 1.09 bits per heavy atom. The molecule has 1 fully saturated rings. The topological polar surface area (TPSA) is 44.4 Å². The zero-order valence-electron chi connectivity index (χ0n) is 12.3. The molecule has 5 heteroatoms. The number of rotatable bonds is 4. The molecule has 0 spiro atoms. The SMILES string of the molecule is CC1(CCc2ccccc2)NC(=O)N(c2ccc(Br)cc2)N1. The van der Waals surface area contributed by atoms with Crippen LogP contribution in [0.2, 0.25) is 0 Å². The Labute approximate surface area is 138 Å². The third kappa shape index (κ3) is 3.31. The molecule has 0 aromatic heterocycles. The van der Waals surface area contributed by atoms with Crippen molar-refractivity contribution in [1.82, 2.24) is 10.7 Å². The van der Waals surface area contributed by atoms with Crippen LogP contribution in [-0.4, -0.2) is 11.7 Å². The molecule has 0 aliphatic carbocycles. The van der Waals surface area contributed by atoms with E-state index >= 15 is 0 Å². The highest BCUT2D eigenvalue weighted by Gasteiger charge is 2.38. The molecule has 114 valence electrons. The van der Waals surface area contributed by atoms with Gasteiger partial charge in [-0.25, -0.2) is 15.2 Å². The van der Waals surface area contributed by atoms with Crippen LogP contribution in [0.4, 0.5) is 10.5 Å². The number of nitrogens with one attached hydrogen (secondary N) is 2. The molecule has 0 bridgehead atoms. The van der Waals surface area contributed by atoms with E-state index in [9.17, 15) is 4.79 Å². The van der Waals surface area contributed by atoms with Crippen molar-refractivity contribution in [3.8, 4) is 0 Å². The molecule has 22 heavy (non-hydrogen) atoms. The molecule has 0 radical (unpaired) electrons. The van der Waals surface area contributed by atoms with Gasteiger partial charge in [-0.05, 0) is 49.6 Å². The average Bonchev–Trinajstić information content (AvgIpc) is 2.83. The van der Waals surface area contributed by atoms with Gasteiger partial charge in [0.05, 0.1) is 5.69 Å². The lowest BCUT2D eigenvalue weighted by molar-refractivity contribution is 0.246. The number of benzene rings is 2. The van der Waals surface area contributed by atoms with Crippen molar-refractivity contribution in [2.45, 2.75) is 25.4 Å². The first-order chi connectivity index (χ1) is 10.6. The molecule has 2 aromatic carbocycles. The highest BCUT2D eigenvalue weighted by molar-refractivity contribution is 9.10. The largest absolute Gasteiger partial charge is 0.338 e. The number of nitrogens with zero attached hydrogens (tertiary/aromatic N) is 1. The molecule has 4 nitrogen and oxygen atoms in total. The van der Waals surface area contributed by atoms with Gasteiger partial charge in [0.15, 0.2) is 0 Å². The number of urea groups is 1. The molecular weight excluding hydrogens is 342 g/mol. The molecule has 3 rings (SSSR count). The maximum atomic E-state index is 12.2. The molecular formula is C17H18BrN3O. The van der Waals surface area contributed by atoms with E-state index in [0.29, 0.717) is 0 Å². The second-order valence-corrected chi connectivity index (χ2v) is 6.59. The van der Waals surface area contributed by atoms with Crippen LogP contribution in [0.5, 0.6) is 0 Å². The van der Waals surface area contributed by atoms with Crippen LogP contribution in [0.3, 0.4) is 0 Å². The molecule has 1 aliphatic heterocycles. The quantitative estimate of drug-likeness (QED) is 0.870. The lowest BCUT2D eigenvalue weighted by Gasteiger charge is -2.25. The minimum absolute atomic E-state index is 0.127. The first-order valence-corrected chi connectivity index (χ1v) is 8.05. The van der Waals surface area contributed by atoms with Gasteiger partial charge in [-0.3, -0.25) is 0 Å². The van der Waals surface area contributed by atoms with Gasteiger partial charge in [0.2, 0.25) is 0 Å². The average molecular weight is 360 g/mol. The second-order valence-electron chi connectivity index (χ2n) is 5.67. The summed E-state index contributed by atoms with van der Waals surface area (Å²) in [6, 6.07) is 17.8. The Morgan fingerprint density at radius 3 is 2.45 bits per heavy atom. The molecule has 1 unspecified atom stereocenters. The number of hydrazine groups is 1. The van der Waals surface area contributed by atoms with Crippen molar-refractivity contribution in [3.63, 3.8) is 0 Å². The van der Waals surface area contributed by atoms with Crippen molar-refractivity contribution in [2.24, 2.45) is 0 Å². The lowest BCUT2D eigenvalue weighted by atomic mass is 10.0. The van der Waals surface area contributed by atoms with Crippen LogP contribution < -0.4 is 15.8 Å². The van der Waals surface area contributed by atoms with E-state index in [0.717, 1.165) is 23.0 Å². The van der Waals surface area contributed by atoms with Gasteiger partial charge in [-0.15, -0.1) is 0 Å². The number of amides is 2. The maximum absolute atomic E-state index is 12.2. The third-order valence-electron chi connectivity index (χ3n) is 3.79. The summed E-state index contributed by atoms with van der Waals surface area (Å²) in [6.07, 6.45) is 1.72. The van der Waals surface area contributed by atoms with Crippen LogP contribution in [0.15, 0.2) is 59.1 Å². The number of hydrogen-bond donors (Lipinski definition) is 2. The molecule has 1 atom stereocenters. The first-order valence-electron chi connectivity index (χ1n) is 7.25. The van der Waals surface area contributed by atoms with Crippen LogP contribution >= 0.6 is 15.9 Å². The fraction of sp³-hybridized carbons (Fsp3) is 0.235. The van der Waals surface area contributed by atoms with Gasteiger partial charge >= 0.3 is 6.03 Å². The Kier molecular flexibility index (Phi) is 4.18. The van der Waals surface area contributed by atoms with Crippen LogP contribution in [0.25, 0.3) is 0 Å². The molecule has 1 heterocycles. The third-order valence-corrected chi connectivity index (χ3v) is 4.31. The van der Waals surface area contributed by atoms with E-state index in [1.54, 1.807) is 5.01 Å². The monoisotopic (exact) mass is 359 g/mol. The van der Waals surface area contributed by atoms with Crippen LogP contribution in [0, 0.1) is 0 Å². The summed E-state index contributed by atoms with van der Waals surface area (Å²) >= 11 is 3.40. The molecule has 1 saturated heterocycles. The number of anilines is 1. The van der Waals surface area contributed by atoms with E-state index < -0.39 is 5.66 Å². The van der Waals surface area contributed by atoms with Gasteiger partial charge < -0.3 is 5.32 Å². The highest BCUT2D eigenvalue weighted by Crippen LogP contribution is 2.23. The van der Waals surface area contributed by atoms with Gasteiger partial charge in [0.25, 0.3) is 0 Å². The summed E-state index contributed by atoms with van der Waals surface area (Å²) in [5.74, 6) is 0. The van der Waals surface area contributed by atoms with Gasteiger partial charge in [0, 0.05) is 4.47 Å². The smallest absolute Gasteiger partial charge is 0.317 e. The fourth-order valence-corrected chi connectivity index (χ4v) is 2.81. The summed E-state index contributed by atoms with van der Waals surface area (Å²) in [6.45, 7) is 2.01. The predicted molar refractivity (Wildman–Crippen MR) is 91.5 cm³/mol. The minimum Gasteiger partial charge on any atom is -0.317 e.